The van der Waals surface area contributed by atoms with Crippen LogP contribution in [0, 0.1) is 5.92 Å². The minimum atomic E-state index is -0.302. The predicted octanol–water partition coefficient (Wildman–Crippen LogP) is 3.61. The molecule has 1 aliphatic heterocycles. The van der Waals surface area contributed by atoms with E-state index in [1.54, 1.807) is 6.20 Å². The van der Waals surface area contributed by atoms with Crippen molar-refractivity contribution in [2.45, 2.75) is 19.8 Å². The van der Waals surface area contributed by atoms with Gasteiger partial charge in [-0.15, -0.1) is 0 Å². The van der Waals surface area contributed by atoms with Crippen LogP contribution in [0.3, 0.4) is 0 Å². The number of hydrogen-bond acceptors (Lipinski definition) is 5. The highest BCUT2D eigenvalue weighted by Crippen LogP contribution is 2.34. The molecule has 0 spiro atoms. The molecule has 3 rings (SSSR count). The number of aromatic nitrogens is 1. The van der Waals surface area contributed by atoms with Gasteiger partial charge in [-0.1, -0.05) is 15.9 Å². The molecule has 0 saturated carbocycles. The van der Waals surface area contributed by atoms with Gasteiger partial charge in [-0.2, -0.15) is 0 Å². The maximum atomic E-state index is 12.5. The van der Waals surface area contributed by atoms with Crippen LogP contribution in [0.2, 0.25) is 0 Å². The highest BCUT2D eigenvalue weighted by Gasteiger charge is 2.25. The number of piperidine rings is 1. The molecule has 0 unspecified atom stereocenters. The number of rotatable bonds is 5. The summed E-state index contributed by atoms with van der Waals surface area (Å²) in [4.78, 5) is 19.3. The number of ether oxygens (including phenoxy) is 1. The first-order chi connectivity index (χ1) is 12.1. The Labute approximate surface area is 156 Å². The fraction of sp³-hybridized carbons (Fsp3) is 0.474. The predicted molar refractivity (Wildman–Crippen MR) is 104 cm³/mol. The Morgan fingerprint density at radius 3 is 2.84 bits per heavy atom. The van der Waals surface area contributed by atoms with Gasteiger partial charge in [0.05, 0.1) is 17.8 Å². The van der Waals surface area contributed by atoms with Crippen molar-refractivity contribution in [1.82, 2.24) is 10.3 Å². The Kier molecular flexibility index (Phi) is 5.91. The molecule has 134 valence electrons. The lowest BCUT2D eigenvalue weighted by Gasteiger charge is -2.35. The highest BCUT2D eigenvalue weighted by molar-refractivity contribution is 9.10. The van der Waals surface area contributed by atoms with Gasteiger partial charge in [0.2, 0.25) is 0 Å². The fourth-order valence-electron chi connectivity index (χ4n) is 3.50. The molecule has 6 heteroatoms. The largest absolute Gasteiger partial charge is 0.462 e. The Morgan fingerprint density at radius 2 is 2.16 bits per heavy atom. The first-order valence-electron chi connectivity index (χ1n) is 8.79. The number of pyridine rings is 1. The molecule has 0 bridgehead atoms. The van der Waals surface area contributed by atoms with E-state index in [0.29, 0.717) is 18.1 Å². The number of benzene rings is 1. The number of fused-ring (bicyclic) bond motifs is 1. The summed E-state index contributed by atoms with van der Waals surface area (Å²) in [5.74, 6) is 0.386. The topological polar surface area (TPSA) is 54.5 Å². The van der Waals surface area contributed by atoms with Crippen molar-refractivity contribution in [3.8, 4) is 0 Å². The van der Waals surface area contributed by atoms with Crippen LogP contribution < -0.4 is 10.2 Å². The summed E-state index contributed by atoms with van der Waals surface area (Å²) in [6.07, 6.45) is 3.88. The molecule has 0 aliphatic carbocycles. The van der Waals surface area contributed by atoms with Gasteiger partial charge < -0.3 is 15.0 Å². The molecule has 5 nitrogen and oxygen atoms in total. The van der Waals surface area contributed by atoms with Gasteiger partial charge in [0.25, 0.3) is 0 Å². The maximum Gasteiger partial charge on any atom is 0.341 e. The maximum absolute atomic E-state index is 12.5. The molecule has 1 aliphatic rings. The molecule has 1 fully saturated rings. The fourth-order valence-corrected chi connectivity index (χ4v) is 3.86. The van der Waals surface area contributed by atoms with Crippen molar-refractivity contribution < 1.29 is 9.53 Å². The molecule has 1 saturated heterocycles. The Morgan fingerprint density at radius 1 is 1.40 bits per heavy atom. The van der Waals surface area contributed by atoms with Crippen LogP contribution in [0.25, 0.3) is 10.9 Å². The van der Waals surface area contributed by atoms with Crippen molar-refractivity contribution in [1.29, 1.82) is 0 Å². The summed E-state index contributed by atoms with van der Waals surface area (Å²) in [7, 11) is 2.00. The van der Waals surface area contributed by atoms with Crippen molar-refractivity contribution in [2.75, 3.05) is 38.2 Å². The van der Waals surface area contributed by atoms with Crippen molar-refractivity contribution in [2.24, 2.45) is 5.92 Å². The summed E-state index contributed by atoms with van der Waals surface area (Å²) in [5, 5.41) is 4.26. The quantitative estimate of drug-likeness (QED) is 0.769. The van der Waals surface area contributed by atoms with Crippen LogP contribution in [0.1, 0.15) is 30.1 Å². The molecule has 2 heterocycles. The zero-order chi connectivity index (χ0) is 17.8. The molecule has 2 aromatic rings. The van der Waals surface area contributed by atoms with Crippen LogP contribution in [0.15, 0.2) is 28.9 Å². The molecular weight excluding hydrogens is 382 g/mol. The third kappa shape index (κ3) is 3.96. The second-order valence-corrected chi connectivity index (χ2v) is 7.31. The normalized spacial score (nSPS) is 15.6. The summed E-state index contributed by atoms with van der Waals surface area (Å²) in [6.45, 7) is 5.10. The van der Waals surface area contributed by atoms with Gasteiger partial charge in [-0.25, -0.2) is 4.79 Å². The van der Waals surface area contributed by atoms with Gasteiger partial charge in [-0.3, -0.25) is 4.98 Å². The Hall–Kier alpha value is -1.66. The molecule has 0 atom stereocenters. The van der Waals surface area contributed by atoms with Crippen LogP contribution in [0.5, 0.6) is 0 Å². The van der Waals surface area contributed by atoms with E-state index in [1.807, 2.05) is 32.2 Å². The van der Waals surface area contributed by atoms with Crippen molar-refractivity contribution >= 4 is 38.5 Å². The standard InChI is InChI=1S/C19H24BrN3O2/c1-3-25-19(24)16-12-22-17-5-4-14(20)10-15(17)18(16)23-8-6-13(7-9-23)11-21-2/h4-5,10,12-13,21H,3,6-9,11H2,1-2H3. The van der Waals surface area contributed by atoms with Crippen LogP contribution in [0.4, 0.5) is 5.69 Å². The van der Waals surface area contributed by atoms with Gasteiger partial charge in [-0.05, 0) is 57.5 Å². The summed E-state index contributed by atoms with van der Waals surface area (Å²) in [5.41, 5.74) is 2.40. The van der Waals surface area contributed by atoms with E-state index in [9.17, 15) is 4.79 Å². The Bertz CT molecular complexity index is 758. The van der Waals surface area contributed by atoms with E-state index < -0.39 is 0 Å². The monoisotopic (exact) mass is 405 g/mol. The number of nitrogens with one attached hydrogen (secondary N) is 1. The number of esters is 1. The highest BCUT2D eigenvalue weighted by atomic mass is 79.9. The van der Waals surface area contributed by atoms with Gasteiger partial charge in [0, 0.05) is 29.1 Å². The summed E-state index contributed by atoms with van der Waals surface area (Å²) in [6, 6.07) is 5.99. The number of halogens is 1. The molecule has 0 radical (unpaired) electrons. The second-order valence-electron chi connectivity index (χ2n) is 6.39. The van der Waals surface area contributed by atoms with Gasteiger partial charge in [0.1, 0.15) is 5.56 Å². The third-order valence-corrected chi connectivity index (χ3v) is 5.21. The number of carbonyl (C=O) groups excluding carboxylic acids is 1. The van der Waals surface area contributed by atoms with Crippen LogP contribution in [-0.2, 0) is 4.74 Å². The molecule has 1 aromatic carbocycles. The van der Waals surface area contributed by atoms with E-state index in [0.717, 1.165) is 53.5 Å². The first kappa shape index (κ1) is 18.1. The SMILES string of the molecule is CCOC(=O)c1cnc2ccc(Br)cc2c1N1CCC(CNC)CC1. The van der Waals surface area contributed by atoms with E-state index in [4.69, 9.17) is 4.74 Å². The summed E-state index contributed by atoms with van der Waals surface area (Å²) >= 11 is 3.54. The number of nitrogens with zero attached hydrogens (tertiary/aromatic N) is 2. The average molecular weight is 406 g/mol. The molecule has 0 amide bonds. The lowest BCUT2D eigenvalue weighted by molar-refractivity contribution is 0.0526. The number of hydrogen-bond donors (Lipinski definition) is 1. The second kappa shape index (κ2) is 8.15. The molecule has 25 heavy (non-hydrogen) atoms. The average Bonchev–Trinajstić information content (AvgIpc) is 2.62. The van der Waals surface area contributed by atoms with Crippen LogP contribution in [-0.4, -0.2) is 44.2 Å². The lowest BCUT2D eigenvalue weighted by atomic mass is 9.95. The number of carbonyl (C=O) groups is 1. The minimum absolute atomic E-state index is 0.302. The van der Waals surface area contributed by atoms with Crippen molar-refractivity contribution in [3.63, 3.8) is 0 Å². The molecule has 1 aromatic heterocycles. The van der Waals surface area contributed by atoms with Gasteiger partial charge >= 0.3 is 5.97 Å². The minimum Gasteiger partial charge on any atom is -0.462 e. The third-order valence-electron chi connectivity index (χ3n) is 4.72. The zero-order valence-corrected chi connectivity index (χ0v) is 16.3. The zero-order valence-electron chi connectivity index (χ0n) is 14.7. The van der Waals surface area contributed by atoms with E-state index in [2.05, 4.69) is 31.1 Å². The van der Waals surface area contributed by atoms with E-state index in [1.165, 1.54) is 0 Å². The molecule has 1 N–H and O–H groups in total. The lowest BCUT2D eigenvalue weighted by Crippen LogP contribution is -2.37. The molecular formula is C19H24BrN3O2. The van der Waals surface area contributed by atoms with E-state index in [-0.39, 0.29) is 5.97 Å². The Balaban J connectivity index is 2.02. The van der Waals surface area contributed by atoms with Gasteiger partial charge in [0.15, 0.2) is 0 Å². The van der Waals surface area contributed by atoms with Crippen LogP contribution >= 0.6 is 15.9 Å². The van der Waals surface area contributed by atoms with E-state index >= 15 is 0 Å². The number of anilines is 1. The smallest absolute Gasteiger partial charge is 0.341 e. The summed E-state index contributed by atoms with van der Waals surface area (Å²) < 4.78 is 6.25. The first-order valence-corrected chi connectivity index (χ1v) is 9.58. The van der Waals surface area contributed by atoms with Crippen molar-refractivity contribution in [3.05, 3.63) is 34.4 Å².